The minimum atomic E-state index is -5.24. The fourth-order valence-electron chi connectivity index (χ4n) is 3.97. The third-order valence-electron chi connectivity index (χ3n) is 5.50. The Hall–Kier alpha value is -3.10. The highest BCUT2D eigenvalue weighted by atomic mass is 19.4. The van der Waals surface area contributed by atoms with Crippen molar-refractivity contribution < 1.29 is 51.3 Å². The van der Waals surface area contributed by atoms with Gasteiger partial charge in [-0.1, -0.05) is 13.8 Å². The lowest BCUT2D eigenvalue weighted by molar-refractivity contribution is -0.209. The number of esters is 1. The van der Waals surface area contributed by atoms with Gasteiger partial charge in [-0.3, -0.25) is 15.4 Å². The van der Waals surface area contributed by atoms with Crippen molar-refractivity contribution in [3.05, 3.63) is 0 Å². The lowest BCUT2D eigenvalue weighted by atomic mass is 9.85. The van der Waals surface area contributed by atoms with Crippen molar-refractivity contribution in [1.82, 2.24) is 16.0 Å². The van der Waals surface area contributed by atoms with E-state index in [1.807, 2.05) is 13.8 Å². The third kappa shape index (κ3) is 13.9. The highest BCUT2D eigenvalue weighted by Crippen LogP contribution is 2.31. The maximum atomic E-state index is 13.0. The molecule has 0 radical (unpaired) electrons. The van der Waals surface area contributed by atoms with Crippen molar-refractivity contribution >= 4 is 30.0 Å². The number of alkyl halides is 3. The van der Waals surface area contributed by atoms with Crippen LogP contribution in [0.15, 0.2) is 4.99 Å². The summed E-state index contributed by atoms with van der Waals surface area (Å²) in [5.74, 6) is -3.33. The van der Waals surface area contributed by atoms with Crippen molar-refractivity contribution in [2.75, 3.05) is 0 Å². The second-order valence-electron chi connectivity index (χ2n) is 11.6. The number of guanidine groups is 1. The maximum absolute atomic E-state index is 13.0. The number of hydrogen-bond donors (Lipinski definition) is 3. The molecule has 12 nitrogen and oxygen atoms in total. The van der Waals surface area contributed by atoms with E-state index in [1.54, 1.807) is 41.5 Å². The van der Waals surface area contributed by atoms with E-state index in [9.17, 15) is 32.3 Å². The van der Waals surface area contributed by atoms with E-state index in [2.05, 4.69) is 20.9 Å². The highest BCUT2D eigenvalue weighted by Gasteiger charge is 2.46. The zero-order chi connectivity index (χ0) is 31.8. The van der Waals surface area contributed by atoms with Crippen LogP contribution in [-0.4, -0.2) is 77.8 Å². The van der Waals surface area contributed by atoms with Crippen molar-refractivity contribution in [3.8, 4) is 0 Å². The lowest BCUT2D eigenvalue weighted by Crippen LogP contribution is -2.58. The molecule has 0 aromatic rings. The van der Waals surface area contributed by atoms with Crippen LogP contribution >= 0.6 is 0 Å². The quantitative estimate of drug-likeness (QED) is 0.172. The van der Waals surface area contributed by atoms with Gasteiger partial charge in [0.05, 0.1) is 24.3 Å². The number of nitrogens with zero attached hydrogens (tertiary/aromatic N) is 1. The minimum absolute atomic E-state index is 0.163. The average molecular weight is 597 g/mol. The molecule has 0 bridgehead atoms. The van der Waals surface area contributed by atoms with E-state index < -0.39 is 71.7 Å². The molecule has 3 amide bonds. The SMILES string of the molecule is CCC(CC)O[C@@H]1CC(OC(=O)C(F)(F)F)C[C@H](N=C(NC(=O)OC(C)(C)C)NC(=O)OC(C)(C)C)[C@H]1NC(C)=O. The number of carbonyl (C=O) groups is 4. The Bertz CT molecular complexity index is 924. The second-order valence-corrected chi connectivity index (χ2v) is 11.6. The number of ether oxygens (including phenoxy) is 4. The van der Waals surface area contributed by atoms with Gasteiger partial charge in [-0.15, -0.1) is 0 Å². The Balaban J connectivity index is 3.56. The van der Waals surface area contributed by atoms with Crippen molar-refractivity contribution in [2.45, 2.75) is 136 Å². The molecule has 41 heavy (non-hydrogen) atoms. The summed E-state index contributed by atoms with van der Waals surface area (Å²) in [6.07, 6.45) is -9.13. The monoisotopic (exact) mass is 596 g/mol. The largest absolute Gasteiger partial charge is 0.490 e. The fraction of sp³-hybridized carbons (Fsp3) is 0.808. The minimum Gasteiger partial charge on any atom is -0.456 e. The summed E-state index contributed by atoms with van der Waals surface area (Å²) in [5, 5.41) is 7.32. The van der Waals surface area contributed by atoms with Crippen LogP contribution in [0.2, 0.25) is 0 Å². The van der Waals surface area contributed by atoms with Crippen LogP contribution in [0.5, 0.6) is 0 Å². The van der Waals surface area contributed by atoms with Crippen molar-refractivity contribution in [3.63, 3.8) is 0 Å². The van der Waals surface area contributed by atoms with Gasteiger partial charge in [0.2, 0.25) is 11.9 Å². The molecule has 1 unspecified atom stereocenters. The summed E-state index contributed by atoms with van der Waals surface area (Å²) in [6.45, 7) is 14.6. The number of hydrogen-bond acceptors (Lipinski definition) is 9. The first-order valence-electron chi connectivity index (χ1n) is 13.4. The lowest BCUT2D eigenvalue weighted by Gasteiger charge is -2.41. The summed E-state index contributed by atoms with van der Waals surface area (Å²) in [5.41, 5.74) is -1.84. The van der Waals surface area contributed by atoms with E-state index in [0.29, 0.717) is 12.8 Å². The van der Waals surface area contributed by atoms with Gasteiger partial charge in [-0.25, -0.2) is 19.4 Å². The first kappa shape index (κ1) is 35.9. The molecule has 4 atom stereocenters. The highest BCUT2D eigenvalue weighted by molar-refractivity contribution is 6.01. The van der Waals surface area contributed by atoms with Gasteiger partial charge < -0.3 is 24.3 Å². The molecular weight excluding hydrogens is 553 g/mol. The van der Waals surface area contributed by atoms with Crippen LogP contribution in [0.3, 0.4) is 0 Å². The Morgan fingerprint density at radius 2 is 1.37 bits per heavy atom. The van der Waals surface area contributed by atoms with Crippen LogP contribution in [-0.2, 0) is 28.5 Å². The molecular formula is C26H43F3N4O8. The zero-order valence-electron chi connectivity index (χ0n) is 25.1. The van der Waals surface area contributed by atoms with Crippen LogP contribution in [0.4, 0.5) is 22.8 Å². The zero-order valence-corrected chi connectivity index (χ0v) is 25.1. The molecule has 1 saturated carbocycles. The molecule has 0 heterocycles. The molecule has 3 N–H and O–H groups in total. The molecule has 0 aromatic carbocycles. The van der Waals surface area contributed by atoms with Gasteiger partial charge in [0.15, 0.2) is 0 Å². The Labute approximate surface area is 238 Å². The molecule has 0 spiro atoms. The molecule has 1 fully saturated rings. The van der Waals surface area contributed by atoms with Gasteiger partial charge in [0, 0.05) is 19.8 Å². The fourth-order valence-corrected chi connectivity index (χ4v) is 3.97. The summed E-state index contributed by atoms with van der Waals surface area (Å²) < 4.78 is 60.4. The number of carbonyl (C=O) groups excluding carboxylic acids is 4. The van der Waals surface area contributed by atoms with E-state index in [0.717, 1.165) is 0 Å². The summed E-state index contributed by atoms with van der Waals surface area (Å²) in [7, 11) is 0. The standard InChI is InChI=1S/C26H43F3N4O8/c1-10-15(11-2)38-18-13-16(39-20(35)26(27,28)29)12-17(19(18)30-14(3)34)31-21(32-22(36)40-24(4,5)6)33-23(37)41-25(7,8)9/h15-19H,10-13H2,1-9H3,(H,30,34)(H2,31,32,33,36,37)/t16?,17-,18+,19+/m0/s1. The van der Waals surface area contributed by atoms with Crippen LogP contribution in [0.1, 0.15) is 88.0 Å². The van der Waals surface area contributed by atoms with Crippen LogP contribution < -0.4 is 16.0 Å². The van der Waals surface area contributed by atoms with E-state index >= 15 is 0 Å². The van der Waals surface area contributed by atoms with Crippen molar-refractivity contribution in [2.24, 2.45) is 4.99 Å². The number of nitrogens with one attached hydrogen (secondary N) is 3. The molecule has 236 valence electrons. The number of aliphatic imine (C=N–C) groups is 1. The predicted molar refractivity (Wildman–Crippen MR) is 142 cm³/mol. The molecule has 1 rings (SSSR count). The Morgan fingerprint density at radius 1 is 0.878 bits per heavy atom. The van der Waals surface area contributed by atoms with E-state index in [-0.39, 0.29) is 18.9 Å². The molecule has 0 aromatic heterocycles. The van der Waals surface area contributed by atoms with E-state index in [4.69, 9.17) is 18.9 Å². The third-order valence-corrected chi connectivity index (χ3v) is 5.50. The van der Waals surface area contributed by atoms with Gasteiger partial charge in [0.25, 0.3) is 0 Å². The maximum Gasteiger partial charge on any atom is 0.490 e. The molecule has 0 aliphatic heterocycles. The topological polar surface area (TPSA) is 154 Å². The van der Waals surface area contributed by atoms with Gasteiger partial charge >= 0.3 is 24.3 Å². The van der Waals surface area contributed by atoms with Gasteiger partial charge in [0.1, 0.15) is 17.3 Å². The molecule has 0 saturated heterocycles. The summed E-state index contributed by atoms with van der Waals surface area (Å²) in [6, 6.07) is -2.05. The average Bonchev–Trinajstić information content (AvgIpc) is 2.75. The Kier molecular flexibility index (Phi) is 12.9. The second kappa shape index (κ2) is 14.7. The number of amides is 3. The van der Waals surface area contributed by atoms with E-state index in [1.165, 1.54) is 6.92 Å². The first-order chi connectivity index (χ1) is 18.6. The first-order valence-corrected chi connectivity index (χ1v) is 13.4. The molecule has 1 aliphatic rings. The summed E-state index contributed by atoms with van der Waals surface area (Å²) in [4.78, 5) is 53.3. The van der Waals surface area contributed by atoms with Crippen LogP contribution in [0.25, 0.3) is 0 Å². The predicted octanol–water partition coefficient (Wildman–Crippen LogP) is 4.11. The molecule has 1 aliphatic carbocycles. The van der Waals surface area contributed by atoms with Gasteiger partial charge in [-0.2, -0.15) is 13.2 Å². The summed E-state index contributed by atoms with van der Waals surface area (Å²) >= 11 is 0. The number of rotatable bonds is 7. The Morgan fingerprint density at radius 3 is 1.76 bits per heavy atom. The molecule has 15 heteroatoms. The number of halogens is 3. The van der Waals surface area contributed by atoms with Crippen molar-refractivity contribution in [1.29, 1.82) is 0 Å². The normalized spacial score (nSPS) is 21.4. The smallest absolute Gasteiger partial charge is 0.456 e. The van der Waals surface area contributed by atoms with Gasteiger partial charge in [-0.05, 0) is 54.4 Å². The number of alkyl carbamates (subject to hydrolysis) is 2. The van der Waals surface area contributed by atoms with Crippen LogP contribution in [0, 0.1) is 0 Å².